The normalized spacial score (nSPS) is 10.5. The molecule has 0 aliphatic carbocycles. The van der Waals surface area contributed by atoms with Gasteiger partial charge >= 0.3 is 5.97 Å². The molecule has 0 unspecified atom stereocenters. The summed E-state index contributed by atoms with van der Waals surface area (Å²) in [6.45, 7) is 4.29. The predicted octanol–water partition coefficient (Wildman–Crippen LogP) is 1.64. The number of aryl methyl sites for hydroxylation is 2. The number of nitrogens with zero attached hydrogens (tertiary/aromatic N) is 3. The van der Waals surface area contributed by atoms with Crippen LogP contribution in [0.15, 0.2) is 24.4 Å². The molecule has 2 aromatic heterocycles. The average molecular weight is 231 g/mol. The Hall–Kier alpha value is -2.17. The van der Waals surface area contributed by atoms with Gasteiger partial charge in [0, 0.05) is 17.6 Å². The second kappa shape index (κ2) is 4.37. The number of pyridine rings is 1. The fourth-order valence-electron chi connectivity index (χ4n) is 1.54. The number of carboxylic acids is 1. The highest BCUT2D eigenvalue weighted by Gasteiger charge is 2.10. The maximum absolute atomic E-state index is 10.8. The third-order valence-corrected chi connectivity index (χ3v) is 2.51. The molecular weight excluding hydrogens is 218 g/mol. The molecule has 2 rings (SSSR count). The summed E-state index contributed by atoms with van der Waals surface area (Å²) in [5, 5.41) is 12.9. The molecule has 88 valence electrons. The molecule has 0 atom stereocenters. The van der Waals surface area contributed by atoms with Crippen molar-refractivity contribution < 1.29 is 9.90 Å². The number of rotatable bonds is 3. The highest BCUT2D eigenvalue weighted by atomic mass is 16.4. The molecule has 0 amide bonds. The van der Waals surface area contributed by atoms with Gasteiger partial charge in [-0.2, -0.15) is 5.10 Å². The number of carboxylic acid groups (broad SMARTS) is 1. The van der Waals surface area contributed by atoms with Crippen molar-refractivity contribution in [3.8, 4) is 0 Å². The molecule has 2 aromatic rings. The molecule has 0 saturated carbocycles. The van der Waals surface area contributed by atoms with E-state index >= 15 is 0 Å². The molecule has 0 bridgehead atoms. The number of hydrogen-bond donors (Lipinski definition) is 1. The van der Waals surface area contributed by atoms with E-state index in [1.54, 1.807) is 16.9 Å². The van der Waals surface area contributed by atoms with Gasteiger partial charge in [0.1, 0.15) is 0 Å². The molecule has 0 spiro atoms. The lowest BCUT2D eigenvalue weighted by Crippen LogP contribution is -2.06. The van der Waals surface area contributed by atoms with Crippen LogP contribution in [0.1, 0.15) is 27.4 Å². The van der Waals surface area contributed by atoms with Gasteiger partial charge in [-0.15, -0.1) is 0 Å². The Balaban J connectivity index is 2.24. The third kappa shape index (κ3) is 2.50. The average Bonchev–Trinajstić information content (AvgIpc) is 2.64. The summed E-state index contributed by atoms with van der Waals surface area (Å²) in [6, 6.07) is 5.44. The molecule has 0 fully saturated rings. The Morgan fingerprint density at radius 3 is 2.71 bits per heavy atom. The lowest BCUT2D eigenvalue weighted by Gasteiger charge is -2.04. The zero-order chi connectivity index (χ0) is 12.4. The fraction of sp³-hybridized carbons (Fsp3) is 0.250. The van der Waals surface area contributed by atoms with E-state index in [4.69, 9.17) is 5.11 Å². The van der Waals surface area contributed by atoms with E-state index in [9.17, 15) is 4.79 Å². The Morgan fingerprint density at radius 2 is 2.18 bits per heavy atom. The second-order valence-corrected chi connectivity index (χ2v) is 3.94. The third-order valence-electron chi connectivity index (χ3n) is 2.51. The van der Waals surface area contributed by atoms with Gasteiger partial charge < -0.3 is 5.11 Å². The first kappa shape index (κ1) is 11.3. The fourth-order valence-corrected chi connectivity index (χ4v) is 1.54. The van der Waals surface area contributed by atoms with Gasteiger partial charge in [-0.3, -0.25) is 9.67 Å². The summed E-state index contributed by atoms with van der Waals surface area (Å²) in [4.78, 5) is 15.0. The van der Waals surface area contributed by atoms with Crippen LogP contribution in [0.3, 0.4) is 0 Å². The number of aromatic carboxylic acids is 1. The summed E-state index contributed by atoms with van der Waals surface area (Å²) in [5.41, 5.74) is 2.85. The maximum atomic E-state index is 10.8. The Morgan fingerprint density at radius 1 is 1.41 bits per heavy atom. The molecule has 0 aromatic carbocycles. The molecule has 0 aliphatic rings. The van der Waals surface area contributed by atoms with Crippen molar-refractivity contribution in [2.75, 3.05) is 0 Å². The highest BCUT2D eigenvalue weighted by Crippen LogP contribution is 2.07. The highest BCUT2D eigenvalue weighted by molar-refractivity contribution is 5.85. The lowest BCUT2D eigenvalue weighted by molar-refractivity contribution is 0.0689. The van der Waals surface area contributed by atoms with Crippen LogP contribution in [0.4, 0.5) is 0 Å². The van der Waals surface area contributed by atoms with Gasteiger partial charge in [0.15, 0.2) is 5.69 Å². The first-order chi connectivity index (χ1) is 8.06. The lowest BCUT2D eigenvalue weighted by atomic mass is 10.2. The summed E-state index contributed by atoms with van der Waals surface area (Å²) >= 11 is 0. The van der Waals surface area contributed by atoms with Crippen LogP contribution >= 0.6 is 0 Å². The summed E-state index contributed by atoms with van der Waals surface area (Å²) in [5.74, 6) is -1.01. The minimum absolute atomic E-state index is 0.0718. The van der Waals surface area contributed by atoms with Gasteiger partial charge in [0.2, 0.25) is 0 Å². The van der Waals surface area contributed by atoms with E-state index in [-0.39, 0.29) is 5.69 Å². The maximum Gasteiger partial charge on any atom is 0.356 e. The van der Waals surface area contributed by atoms with Crippen molar-refractivity contribution in [1.29, 1.82) is 0 Å². The van der Waals surface area contributed by atoms with Crippen molar-refractivity contribution >= 4 is 5.97 Å². The smallest absolute Gasteiger partial charge is 0.356 e. The Kier molecular flexibility index (Phi) is 2.91. The molecule has 5 nitrogen and oxygen atoms in total. The monoisotopic (exact) mass is 231 g/mol. The standard InChI is InChI=1S/C12H13N3O2/c1-8-3-4-10(6-13-8)7-15-9(2)5-11(14-15)12(16)17/h3-6H,7H2,1-2H3,(H,16,17). The zero-order valence-corrected chi connectivity index (χ0v) is 9.71. The van der Waals surface area contributed by atoms with Crippen LogP contribution in [-0.4, -0.2) is 25.8 Å². The van der Waals surface area contributed by atoms with Gasteiger partial charge in [0.25, 0.3) is 0 Å². The van der Waals surface area contributed by atoms with E-state index in [1.165, 1.54) is 0 Å². The van der Waals surface area contributed by atoms with Crippen LogP contribution in [0.2, 0.25) is 0 Å². The topological polar surface area (TPSA) is 68.0 Å². The Bertz CT molecular complexity index is 543. The van der Waals surface area contributed by atoms with Crippen molar-refractivity contribution in [3.63, 3.8) is 0 Å². The van der Waals surface area contributed by atoms with Gasteiger partial charge in [-0.1, -0.05) is 6.07 Å². The zero-order valence-electron chi connectivity index (χ0n) is 9.71. The minimum atomic E-state index is -1.01. The predicted molar refractivity (Wildman–Crippen MR) is 62.0 cm³/mol. The molecule has 17 heavy (non-hydrogen) atoms. The summed E-state index contributed by atoms with van der Waals surface area (Å²) < 4.78 is 1.66. The van der Waals surface area contributed by atoms with Crippen LogP contribution in [0, 0.1) is 13.8 Å². The van der Waals surface area contributed by atoms with E-state index < -0.39 is 5.97 Å². The quantitative estimate of drug-likeness (QED) is 0.871. The molecule has 2 heterocycles. The molecule has 0 radical (unpaired) electrons. The molecule has 1 N–H and O–H groups in total. The molecule has 0 aliphatic heterocycles. The van der Waals surface area contributed by atoms with Gasteiger partial charge in [-0.25, -0.2) is 4.79 Å². The van der Waals surface area contributed by atoms with Crippen molar-refractivity contribution in [1.82, 2.24) is 14.8 Å². The first-order valence-electron chi connectivity index (χ1n) is 5.25. The van der Waals surface area contributed by atoms with E-state index in [0.717, 1.165) is 17.0 Å². The van der Waals surface area contributed by atoms with Crippen molar-refractivity contribution in [3.05, 3.63) is 47.0 Å². The second-order valence-electron chi connectivity index (χ2n) is 3.94. The number of carbonyl (C=O) groups is 1. The van der Waals surface area contributed by atoms with Crippen LogP contribution in [-0.2, 0) is 6.54 Å². The van der Waals surface area contributed by atoms with Gasteiger partial charge in [-0.05, 0) is 31.5 Å². The van der Waals surface area contributed by atoms with Gasteiger partial charge in [0.05, 0.1) is 6.54 Å². The molecule has 0 saturated heterocycles. The molecule has 5 heteroatoms. The van der Waals surface area contributed by atoms with E-state index in [0.29, 0.717) is 6.54 Å². The Labute approximate surface area is 98.7 Å². The summed E-state index contributed by atoms with van der Waals surface area (Å²) in [6.07, 6.45) is 1.77. The largest absolute Gasteiger partial charge is 0.476 e. The number of hydrogen-bond acceptors (Lipinski definition) is 3. The van der Waals surface area contributed by atoms with E-state index in [2.05, 4.69) is 10.1 Å². The summed E-state index contributed by atoms with van der Waals surface area (Å²) in [7, 11) is 0. The minimum Gasteiger partial charge on any atom is -0.476 e. The van der Waals surface area contributed by atoms with Crippen LogP contribution in [0.5, 0.6) is 0 Å². The van der Waals surface area contributed by atoms with Crippen molar-refractivity contribution in [2.24, 2.45) is 0 Å². The SMILES string of the molecule is Cc1ccc(Cn2nc(C(=O)O)cc2C)cn1. The van der Waals surface area contributed by atoms with E-state index in [1.807, 2.05) is 26.0 Å². The van der Waals surface area contributed by atoms with Crippen LogP contribution < -0.4 is 0 Å². The number of aromatic nitrogens is 3. The van der Waals surface area contributed by atoms with Crippen LogP contribution in [0.25, 0.3) is 0 Å². The first-order valence-corrected chi connectivity index (χ1v) is 5.25. The molecular formula is C12H13N3O2. The van der Waals surface area contributed by atoms with Crippen molar-refractivity contribution in [2.45, 2.75) is 20.4 Å².